The Labute approximate surface area is 170 Å². The number of nitrogens with zero attached hydrogens (tertiary/aromatic N) is 1. The van der Waals surface area contributed by atoms with Crippen molar-refractivity contribution in [1.29, 1.82) is 0 Å². The van der Waals surface area contributed by atoms with Gasteiger partial charge in [-0.2, -0.15) is 5.10 Å². The summed E-state index contributed by atoms with van der Waals surface area (Å²) >= 11 is 3.48. The van der Waals surface area contributed by atoms with Crippen molar-refractivity contribution in [3.05, 3.63) is 64.1 Å². The van der Waals surface area contributed by atoms with Crippen molar-refractivity contribution in [2.45, 2.75) is 46.0 Å². The van der Waals surface area contributed by atoms with Crippen molar-refractivity contribution >= 4 is 27.5 Å². The summed E-state index contributed by atoms with van der Waals surface area (Å²) in [5, 5.41) is 4.35. The molecule has 0 aromatic heterocycles. The van der Waals surface area contributed by atoms with Gasteiger partial charge in [-0.1, -0.05) is 63.1 Å². The molecule has 2 rings (SSSR count). The third-order valence-corrected chi connectivity index (χ3v) is 4.82. The Hall–Kier alpha value is -2.14. The number of unbranched alkanes of at least 4 members (excludes halogenated alkanes) is 2. The molecule has 1 amide bonds. The fourth-order valence-electron chi connectivity index (χ4n) is 2.62. The van der Waals surface area contributed by atoms with Gasteiger partial charge in [0.25, 0.3) is 5.91 Å². The summed E-state index contributed by atoms with van der Waals surface area (Å²) in [4.78, 5) is 12.2. The lowest BCUT2D eigenvalue weighted by molar-refractivity contribution is -0.123. The Morgan fingerprint density at radius 3 is 2.56 bits per heavy atom. The van der Waals surface area contributed by atoms with Crippen LogP contribution in [0, 0.1) is 0 Å². The smallest absolute Gasteiger partial charge is 0.277 e. The molecule has 2 aromatic carbocycles. The predicted octanol–water partition coefficient (Wildman–Crippen LogP) is 5.49. The summed E-state index contributed by atoms with van der Waals surface area (Å²) in [6.07, 6.45) is 5.13. The lowest BCUT2D eigenvalue weighted by Gasteiger charge is -2.10. The van der Waals surface area contributed by atoms with Gasteiger partial charge in [0.1, 0.15) is 5.75 Å². The number of amides is 1. The lowest BCUT2D eigenvalue weighted by atomic mass is 10.0. The molecule has 0 fully saturated rings. The summed E-state index contributed by atoms with van der Waals surface area (Å²) in [7, 11) is 0. The van der Waals surface area contributed by atoms with Gasteiger partial charge in [-0.15, -0.1) is 0 Å². The minimum atomic E-state index is -0.273. The quantitative estimate of drug-likeness (QED) is 0.307. The van der Waals surface area contributed by atoms with E-state index in [1.54, 1.807) is 0 Å². The first-order chi connectivity index (χ1) is 13.1. The van der Waals surface area contributed by atoms with Crippen LogP contribution in [0.15, 0.2) is 58.1 Å². The summed E-state index contributed by atoms with van der Waals surface area (Å²) in [6, 6.07) is 15.8. The summed E-state index contributed by atoms with van der Waals surface area (Å²) in [5.41, 5.74) is 5.77. The van der Waals surface area contributed by atoms with Crippen molar-refractivity contribution in [2.24, 2.45) is 5.10 Å². The van der Waals surface area contributed by atoms with Crippen LogP contribution in [0.25, 0.3) is 0 Å². The standard InChI is InChI=1S/C22H27BrN2O2/c1-3-5-7-12-20(18-10-8-6-9-11-18)24-25-22(26)16-27-21-14-13-17(4-2)15-19(21)23/h6,8-11,13-15H,3-5,7,12,16H2,1-2H3,(H,25,26). The second-order valence-electron chi connectivity index (χ2n) is 6.32. The largest absolute Gasteiger partial charge is 0.483 e. The zero-order valence-electron chi connectivity index (χ0n) is 16.0. The van der Waals surface area contributed by atoms with Gasteiger partial charge in [0.05, 0.1) is 10.2 Å². The van der Waals surface area contributed by atoms with Gasteiger partial charge in [-0.25, -0.2) is 5.43 Å². The van der Waals surface area contributed by atoms with Gasteiger partial charge in [0.15, 0.2) is 6.61 Å². The Kier molecular flexibility index (Phi) is 9.05. The Morgan fingerprint density at radius 2 is 1.89 bits per heavy atom. The summed E-state index contributed by atoms with van der Waals surface area (Å²) in [5.74, 6) is 0.378. The maximum atomic E-state index is 12.2. The number of hydrazone groups is 1. The second-order valence-corrected chi connectivity index (χ2v) is 7.18. The number of hydrogen-bond acceptors (Lipinski definition) is 3. The number of benzene rings is 2. The van der Waals surface area contributed by atoms with E-state index in [1.165, 1.54) is 5.56 Å². The van der Waals surface area contributed by atoms with Crippen LogP contribution in [-0.2, 0) is 11.2 Å². The number of rotatable bonds is 10. The molecule has 0 atom stereocenters. The van der Waals surface area contributed by atoms with Gasteiger partial charge < -0.3 is 4.74 Å². The Bertz CT molecular complexity index is 760. The van der Waals surface area contributed by atoms with E-state index >= 15 is 0 Å². The van der Waals surface area contributed by atoms with E-state index in [-0.39, 0.29) is 12.5 Å². The maximum Gasteiger partial charge on any atom is 0.277 e. The minimum absolute atomic E-state index is 0.0788. The van der Waals surface area contributed by atoms with Crippen LogP contribution in [0.5, 0.6) is 5.75 Å². The number of halogens is 1. The van der Waals surface area contributed by atoms with Crippen molar-refractivity contribution in [1.82, 2.24) is 5.43 Å². The fraction of sp³-hybridized carbons (Fsp3) is 0.364. The molecule has 0 unspecified atom stereocenters. The Morgan fingerprint density at radius 1 is 1.11 bits per heavy atom. The number of ether oxygens (including phenoxy) is 1. The maximum absolute atomic E-state index is 12.2. The van der Waals surface area contributed by atoms with Crippen molar-refractivity contribution in [3.63, 3.8) is 0 Å². The van der Waals surface area contributed by atoms with Crippen LogP contribution in [0.2, 0.25) is 0 Å². The number of aryl methyl sites for hydroxylation is 1. The van der Waals surface area contributed by atoms with Gasteiger partial charge in [0, 0.05) is 0 Å². The molecular weight excluding hydrogens is 404 g/mol. The zero-order valence-corrected chi connectivity index (χ0v) is 17.6. The van der Waals surface area contributed by atoms with Crippen LogP contribution in [0.3, 0.4) is 0 Å². The highest BCUT2D eigenvalue weighted by atomic mass is 79.9. The number of hydrogen-bond donors (Lipinski definition) is 1. The molecule has 144 valence electrons. The zero-order chi connectivity index (χ0) is 19.5. The molecule has 0 aliphatic heterocycles. The van der Waals surface area contributed by atoms with Crippen molar-refractivity contribution in [2.75, 3.05) is 6.61 Å². The molecule has 0 saturated carbocycles. The number of carbonyl (C=O) groups is 1. The number of nitrogens with one attached hydrogen (secondary N) is 1. The van der Waals surface area contributed by atoms with Crippen LogP contribution >= 0.6 is 15.9 Å². The van der Waals surface area contributed by atoms with Gasteiger partial charge in [0.2, 0.25) is 0 Å². The molecule has 4 nitrogen and oxygen atoms in total. The summed E-state index contributed by atoms with van der Waals surface area (Å²) < 4.78 is 6.46. The first kappa shape index (κ1) is 21.2. The molecule has 0 aliphatic carbocycles. The van der Waals surface area contributed by atoms with Crippen LogP contribution < -0.4 is 10.2 Å². The molecule has 0 bridgehead atoms. The lowest BCUT2D eigenvalue weighted by Crippen LogP contribution is -2.26. The van der Waals surface area contributed by atoms with E-state index in [0.717, 1.165) is 47.9 Å². The van der Waals surface area contributed by atoms with Crippen molar-refractivity contribution < 1.29 is 9.53 Å². The molecule has 2 aromatic rings. The van der Waals surface area contributed by atoms with E-state index in [9.17, 15) is 4.79 Å². The van der Waals surface area contributed by atoms with E-state index in [0.29, 0.717) is 5.75 Å². The highest BCUT2D eigenvalue weighted by molar-refractivity contribution is 9.10. The van der Waals surface area contributed by atoms with E-state index in [1.807, 2.05) is 48.5 Å². The fourth-order valence-corrected chi connectivity index (χ4v) is 3.17. The highest BCUT2D eigenvalue weighted by Gasteiger charge is 2.08. The normalized spacial score (nSPS) is 11.3. The second kappa shape index (κ2) is 11.5. The van der Waals surface area contributed by atoms with Gasteiger partial charge >= 0.3 is 0 Å². The summed E-state index contributed by atoms with van der Waals surface area (Å²) in [6.45, 7) is 4.19. The molecule has 0 heterocycles. The molecule has 0 saturated heterocycles. The van der Waals surface area contributed by atoms with Crippen LogP contribution in [0.1, 0.15) is 50.7 Å². The predicted molar refractivity (Wildman–Crippen MR) is 114 cm³/mol. The van der Waals surface area contributed by atoms with E-state index in [2.05, 4.69) is 40.3 Å². The molecule has 0 spiro atoms. The monoisotopic (exact) mass is 430 g/mol. The third kappa shape index (κ3) is 7.18. The molecule has 0 aliphatic rings. The van der Waals surface area contributed by atoms with Crippen LogP contribution in [-0.4, -0.2) is 18.2 Å². The number of carbonyl (C=O) groups excluding carboxylic acids is 1. The molecule has 27 heavy (non-hydrogen) atoms. The van der Waals surface area contributed by atoms with Crippen molar-refractivity contribution in [3.8, 4) is 5.75 Å². The first-order valence-electron chi connectivity index (χ1n) is 9.46. The Balaban J connectivity index is 1.95. The highest BCUT2D eigenvalue weighted by Crippen LogP contribution is 2.26. The molecular formula is C22H27BrN2O2. The average molecular weight is 431 g/mol. The van der Waals surface area contributed by atoms with E-state index < -0.39 is 0 Å². The average Bonchev–Trinajstić information content (AvgIpc) is 2.70. The van der Waals surface area contributed by atoms with Gasteiger partial charge in [-0.3, -0.25) is 4.79 Å². The minimum Gasteiger partial charge on any atom is -0.483 e. The molecule has 0 radical (unpaired) electrons. The SMILES string of the molecule is CCCCCC(=NNC(=O)COc1ccc(CC)cc1Br)c1ccccc1. The van der Waals surface area contributed by atoms with Gasteiger partial charge in [-0.05, 0) is 58.5 Å². The van der Waals surface area contributed by atoms with E-state index in [4.69, 9.17) is 4.74 Å². The third-order valence-electron chi connectivity index (χ3n) is 4.20. The van der Waals surface area contributed by atoms with Crippen LogP contribution in [0.4, 0.5) is 0 Å². The molecule has 5 heteroatoms. The topological polar surface area (TPSA) is 50.7 Å². The molecule has 1 N–H and O–H groups in total. The first-order valence-corrected chi connectivity index (χ1v) is 10.2.